The number of rotatable bonds is 6. The van der Waals surface area contributed by atoms with Crippen molar-refractivity contribution in [2.45, 2.75) is 24.0 Å². The normalized spacial score (nSPS) is 12.6. The third-order valence-corrected chi connectivity index (χ3v) is 5.34. The van der Waals surface area contributed by atoms with E-state index in [4.69, 9.17) is 0 Å². The van der Waals surface area contributed by atoms with Crippen LogP contribution in [0.2, 0.25) is 0 Å². The molecule has 12 heteroatoms. The van der Waals surface area contributed by atoms with Crippen LogP contribution in [0.4, 0.5) is 17.6 Å². The van der Waals surface area contributed by atoms with Crippen LogP contribution < -0.4 is 10.4 Å². The van der Waals surface area contributed by atoms with Gasteiger partial charge in [0.1, 0.15) is 5.82 Å². The number of fused-ring (bicyclic) bond motifs is 1. The van der Waals surface area contributed by atoms with Crippen LogP contribution in [0.5, 0.6) is 0 Å². The van der Waals surface area contributed by atoms with Crippen LogP contribution in [0.15, 0.2) is 52.3 Å². The highest BCUT2D eigenvalue weighted by Gasteiger charge is 2.35. The van der Waals surface area contributed by atoms with Crippen LogP contribution in [0.1, 0.15) is 12.0 Å². The molecule has 0 unspecified atom stereocenters. The fraction of sp³-hybridized carbons (Fsp3) is 0.250. The number of alkyl halides is 3. The molecule has 0 aliphatic rings. The van der Waals surface area contributed by atoms with Crippen molar-refractivity contribution < 1.29 is 26.0 Å². The molecule has 2 aromatic heterocycles. The van der Waals surface area contributed by atoms with Gasteiger partial charge < -0.3 is 0 Å². The van der Waals surface area contributed by atoms with Crippen LogP contribution in [-0.4, -0.2) is 29.1 Å². The smallest absolute Gasteiger partial charge is 0.250 e. The number of aromatic nitrogens is 3. The Balaban J connectivity index is 1.67. The quantitative estimate of drug-likeness (QED) is 0.490. The predicted octanol–water partition coefficient (Wildman–Crippen LogP) is 2.02. The first kappa shape index (κ1) is 20.0. The molecule has 150 valence electrons. The molecule has 3 rings (SSSR count). The number of hydrogen-bond donors (Lipinski definition) is 1. The second kappa shape index (κ2) is 7.36. The number of halogens is 4. The summed E-state index contributed by atoms with van der Waals surface area (Å²) in [5.41, 5.74) is -1.63. The fourth-order valence-electron chi connectivity index (χ4n) is 2.52. The molecule has 0 aliphatic carbocycles. The maximum Gasteiger partial charge on any atom is 0.419 e. The van der Waals surface area contributed by atoms with Crippen molar-refractivity contribution in [2.24, 2.45) is 0 Å². The molecule has 0 fully saturated rings. The van der Waals surface area contributed by atoms with E-state index in [1.807, 2.05) is 0 Å². The Morgan fingerprint density at radius 2 is 1.89 bits per heavy atom. The van der Waals surface area contributed by atoms with E-state index in [9.17, 15) is 30.8 Å². The first-order chi connectivity index (χ1) is 13.1. The summed E-state index contributed by atoms with van der Waals surface area (Å²) in [5, 5.41) is 4.08. The Kier molecular flexibility index (Phi) is 5.26. The Hall–Kier alpha value is -2.73. The van der Waals surface area contributed by atoms with Gasteiger partial charge in [-0.15, -0.1) is 5.10 Å². The molecule has 3 aromatic rings. The molecule has 0 saturated heterocycles. The Labute approximate surface area is 156 Å². The van der Waals surface area contributed by atoms with E-state index >= 15 is 0 Å². The molecule has 0 aliphatic heterocycles. The highest BCUT2D eigenvalue weighted by atomic mass is 32.2. The molecule has 1 aromatic carbocycles. The summed E-state index contributed by atoms with van der Waals surface area (Å²) in [4.78, 5) is 11.4. The number of pyridine rings is 1. The number of nitrogens with zero attached hydrogens (tertiary/aromatic N) is 3. The summed E-state index contributed by atoms with van der Waals surface area (Å²) in [5.74, 6) is -1.56. The average molecular weight is 418 g/mol. The van der Waals surface area contributed by atoms with Crippen LogP contribution in [-0.2, 0) is 22.7 Å². The minimum Gasteiger partial charge on any atom is -0.250 e. The maximum atomic E-state index is 13.3. The number of benzene rings is 1. The lowest BCUT2D eigenvalue weighted by Crippen LogP contribution is -2.28. The van der Waals surface area contributed by atoms with Gasteiger partial charge >= 0.3 is 11.9 Å². The SMILES string of the molecule is O=c1n(CCCNS(=O)(=O)c2ccc(F)c(C(F)(F)F)c2)nc2ccccn12. The maximum absolute atomic E-state index is 13.3. The summed E-state index contributed by atoms with van der Waals surface area (Å²) < 4.78 is 80.4. The summed E-state index contributed by atoms with van der Waals surface area (Å²) in [6.07, 6.45) is -3.31. The second-order valence-electron chi connectivity index (χ2n) is 5.83. The largest absolute Gasteiger partial charge is 0.419 e. The van der Waals surface area contributed by atoms with Gasteiger partial charge in [-0.1, -0.05) is 6.07 Å². The van der Waals surface area contributed by atoms with Gasteiger partial charge in [0, 0.05) is 19.3 Å². The summed E-state index contributed by atoms with van der Waals surface area (Å²) in [7, 11) is -4.28. The molecule has 1 N–H and O–H groups in total. The minimum absolute atomic E-state index is 0.0975. The molecule has 0 amide bonds. The summed E-state index contributed by atoms with van der Waals surface area (Å²) in [6.45, 7) is -0.0539. The van der Waals surface area contributed by atoms with E-state index in [0.717, 1.165) is 10.7 Å². The second-order valence-corrected chi connectivity index (χ2v) is 7.59. The first-order valence-electron chi connectivity index (χ1n) is 8.00. The van der Waals surface area contributed by atoms with Crippen molar-refractivity contribution in [1.82, 2.24) is 18.9 Å². The van der Waals surface area contributed by atoms with Gasteiger partial charge in [0.05, 0.1) is 10.5 Å². The van der Waals surface area contributed by atoms with Crippen LogP contribution in [0.25, 0.3) is 5.65 Å². The topological polar surface area (TPSA) is 85.5 Å². The molecule has 0 saturated carbocycles. The lowest BCUT2D eigenvalue weighted by atomic mass is 10.2. The lowest BCUT2D eigenvalue weighted by Gasteiger charge is -2.11. The molecular weight excluding hydrogens is 404 g/mol. The van der Waals surface area contributed by atoms with E-state index in [1.54, 1.807) is 18.2 Å². The van der Waals surface area contributed by atoms with Gasteiger partial charge in [0.25, 0.3) is 0 Å². The van der Waals surface area contributed by atoms with Crippen LogP contribution in [0, 0.1) is 5.82 Å². The van der Waals surface area contributed by atoms with Crippen LogP contribution in [0.3, 0.4) is 0 Å². The fourth-order valence-corrected chi connectivity index (χ4v) is 3.62. The lowest BCUT2D eigenvalue weighted by molar-refractivity contribution is -0.140. The third-order valence-electron chi connectivity index (χ3n) is 3.88. The van der Waals surface area contributed by atoms with Crippen molar-refractivity contribution in [3.8, 4) is 0 Å². The minimum atomic E-state index is -5.01. The van der Waals surface area contributed by atoms with E-state index < -0.39 is 38.2 Å². The Bertz CT molecular complexity index is 1170. The van der Waals surface area contributed by atoms with Gasteiger partial charge in [0.15, 0.2) is 5.65 Å². The van der Waals surface area contributed by atoms with Crippen molar-refractivity contribution in [1.29, 1.82) is 0 Å². The molecular formula is C16H14F4N4O3S. The Morgan fingerprint density at radius 3 is 2.57 bits per heavy atom. The van der Waals surface area contributed by atoms with Gasteiger partial charge in [-0.25, -0.2) is 27.0 Å². The number of hydrogen-bond acceptors (Lipinski definition) is 4. The van der Waals surface area contributed by atoms with Gasteiger partial charge in [0.2, 0.25) is 10.0 Å². The molecule has 0 spiro atoms. The summed E-state index contributed by atoms with van der Waals surface area (Å²) >= 11 is 0. The van der Waals surface area contributed by atoms with Gasteiger partial charge in [-0.3, -0.25) is 4.40 Å². The predicted molar refractivity (Wildman–Crippen MR) is 90.7 cm³/mol. The molecule has 0 radical (unpaired) electrons. The summed E-state index contributed by atoms with van der Waals surface area (Å²) in [6, 6.07) is 6.44. The van der Waals surface area contributed by atoms with E-state index in [1.165, 1.54) is 10.6 Å². The zero-order valence-corrected chi connectivity index (χ0v) is 15.0. The molecule has 28 heavy (non-hydrogen) atoms. The standard InChI is InChI=1S/C16H14F4N4O3S/c17-13-6-5-11(10-12(13)16(18,19)20)28(26,27)21-7-3-9-24-15(25)23-8-2-1-4-14(23)22-24/h1-2,4-6,8,10,21H,3,7,9H2. The highest BCUT2D eigenvalue weighted by molar-refractivity contribution is 7.89. The molecule has 0 atom stereocenters. The monoisotopic (exact) mass is 418 g/mol. The van der Waals surface area contributed by atoms with Crippen molar-refractivity contribution in [3.05, 3.63) is 64.5 Å². The zero-order chi connectivity index (χ0) is 20.5. The van der Waals surface area contributed by atoms with E-state index in [2.05, 4.69) is 9.82 Å². The Morgan fingerprint density at radius 1 is 1.14 bits per heavy atom. The van der Waals surface area contributed by atoms with Crippen molar-refractivity contribution in [2.75, 3.05) is 6.54 Å². The molecule has 2 heterocycles. The number of sulfonamides is 1. The highest BCUT2D eigenvalue weighted by Crippen LogP contribution is 2.32. The first-order valence-corrected chi connectivity index (χ1v) is 9.48. The third kappa shape index (κ3) is 4.07. The van der Waals surface area contributed by atoms with E-state index in [0.29, 0.717) is 11.7 Å². The van der Waals surface area contributed by atoms with E-state index in [-0.39, 0.29) is 25.6 Å². The molecule has 7 nitrogen and oxygen atoms in total. The average Bonchev–Trinajstić information content (AvgIpc) is 2.94. The van der Waals surface area contributed by atoms with Gasteiger partial charge in [-0.05, 0) is 36.8 Å². The number of aryl methyl sites for hydroxylation is 1. The van der Waals surface area contributed by atoms with Crippen molar-refractivity contribution in [3.63, 3.8) is 0 Å². The number of nitrogens with one attached hydrogen (secondary N) is 1. The van der Waals surface area contributed by atoms with Gasteiger partial charge in [-0.2, -0.15) is 13.2 Å². The zero-order valence-electron chi connectivity index (χ0n) is 14.1. The molecule has 0 bridgehead atoms. The van der Waals surface area contributed by atoms with Crippen molar-refractivity contribution >= 4 is 15.7 Å². The van der Waals surface area contributed by atoms with Crippen LogP contribution >= 0.6 is 0 Å².